The zero-order chi connectivity index (χ0) is 27.5. The smallest absolute Gasteiger partial charge is 0.256 e. The summed E-state index contributed by atoms with van der Waals surface area (Å²) in [6.45, 7) is 5.00. The van der Waals surface area contributed by atoms with E-state index in [1.54, 1.807) is 42.0 Å². The summed E-state index contributed by atoms with van der Waals surface area (Å²) in [5, 5.41) is 8.89. The van der Waals surface area contributed by atoms with Gasteiger partial charge in [0.25, 0.3) is 11.8 Å². The number of nitriles is 1. The summed E-state index contributed by atoms with van der Waals surface area (Å²) in [4.78, 5) is 45.1. The minimum atomic E-state index is -0.0825. The van der Waals surface area contributed by atoms with Crippen molar-refractivity contribution in [2.45, 2.75) is 39.0 Å². The lowest BCUT2D eigenvalue weighted by Crippen LogP contribution is -2.27. The number of rotatable bonds is 4. The van der Waals surface area contributed by atoms with Crippen LogP contribution < -0.4 is 0 Å². The SMILES string of the molecule is CC(c1cccnc1)N1Cc2ncc(Br)cc2C1=O.CC(c1cccnc1)N1Cc2ncc(C#N)cc2C1=O. The summed E-state index contributed by atoms with van der Waals surface area (Å²) in [7, 11) is 0. The Morgan fingerprint density at radius 3 is 1.82 bits per heavy atom. The number of nitrogens with zero attached hydrogens (tertiary/aromatic N) is 7. The molecule has 0 bridgehead atoms. The average molecular weight is 582 g/mol. The van der Waals surface area contributed by atoms with Gasteiger partial charge in [0.15, 0.2) is 0 Å². The number of fused-ring (bicyclic) bond motifs is 2. The van der Waals surface area contributed by atoms with Crippen molar-refractivity contribution in [3.63, 3.8) is 0 Å². The second-order valence-corrected chi connectivity index (χ2v) is 10.2. The molecule has 0 saturated heterocycles. The molecule has 0 fully saturated rings. The van der Waals surface area contributed by atoms with Gasteiger partial charge in [-0.2, -0.15) is 5.26 Å². The first-order chi connectivity index (χ1) is 18.9. The normalized spacial score (nSPS) is 15.1. The van der Waals surface area contributed by atoms with Crippen LogP contribution in [-0.2, 0) is 13.1 Å². The van der Waals surface area contributed by atoms with Gasteiger partial charge in [0, 0.05) is 41.7 Å². The highest BCUT2D eigenvalue weighted by atomic mass is 79.9. The molecular formula is C29H24BrN7O2. The number of halogens is 1. The number of carbonyl (C=O) groups excluding carboxylic acids is 2. The number of carbonyl (C=O) groups is 2. The van der Waals surface area contributed by atoms with Gasteiger partial charge in [-0.3, -0.25) is 29.5 Å². The second-order valence-electron chi connectivity index (χ2n) is 9.27. The molecule has 194 valence electrons. The lowest BCUT2D eigenvalue weighted by Gasteiger charge is -2.23. The van der Waals surface area contributed by atoms with E-state index in [-0.39, 0.29) is 23.9 Å². The third kappa shape index (κ3) is 5.26. The fourth-order valence-electron chi connectivity index (χ4n) is 4.65. The monoisotopic (exact) mass is 581 g/mol. The Balaban J connectivity index is 0.000000158. The van der Waals surface area contributed by atoms with E-state index < -0.39 is 0 Å². The minimum absolute atomic E-state index is 0.00539. The number of hydrogen-bond donors (Lipinski definition) is 0. The van der Waals surface area contributed by atoms with Gasteiger partial charge in [-0.05, 0) is 65.2 Å². The number of hydrogen-bond acceptors (Lipinski definition) is 7. The second kappa shape index (κ2) is 11.1. The molecule has 0 aromatic carbocycles. The Kier molecular flexibility index (Phi) is 7.43. The lowest BCUT2D eigenvalue weighted by molar-refractivity contribution is 0.0707. The van der Waals surface area contributed by atoms with Gasteiger partial charge in [0.1, 0.15) is 6.07 Å². The van der Waals surface area contributed by atoms with E-state index in [4.69, 9.17) is 5.26 Å². The van der Waals surface area contributed by atoms with Crippen LogP contribution in [0.5, 0.6) is 0 Å². The summed E-state index contributed by atoms with van der Waals surface area (Å²) >= 11 is 3.35. The van der Waals surface area contributed by atoms with Crippen LogP contribution in [0.2, 0.25) is 0 Å². The predicted molar refractivity (Wildman–Crippen MR) is 146 cm³/mol. The summed E-state index contributed by atoms with van der Waals surface area (Å²) in [6, 6.07) is 13.0. The zero-order valence-corrected chi connectivity index (χ0v) is 22.9. The van der Waals surface area contributed by atoms with Crippen LogP contribution >= 0.6 is 15.9 Å². The Morgan fingerprint density at radius 1 is 0.821 bits per heavy atom. The van der Waals surface area contributed by atoms with E-state index in [9.17, 15) is 9.59 Å². The highest BCUT2D eigenvalue weighted by Gasteiger charge is 2.33. The molecule has 10 heteroatoms. The first-order valence-corrected chi connectivity index (χ1v) is 13.1. The van der Waals surface area contributed by atoms with Crippen LogP contribution in [0.3, 0.4) is 0 Å². The Labute approximate surface area is 234 Å². The molecule has 0 radical (unpaired) electrons. The Bertz CT molecular complexity index is 1570. The first kappa shape index (κ1) is 26.1. The molecule has 2 unspecified atom stereocenters. The highest BCUT2D eigenvalue weighted by molar-refractivity contribution is 9.10. The molecule has 2 aliphatic heterocycles. The molecule has 2 aliphatic rings. The molecule has 9 nitrogen and oxygen atoms in total. The van der Waals surface area contributed by atoms with Gasteiger partial charge in [-0.1, -0.05) is 12.1 Å². The molecule has 2 atom stereocenters. The lowest BCUT2D eigenvalue weighted by atomic mass is 10.1. The van der Waals surface area contributed by atoms with E-state index in [1.807, 2.05) is 55.1 Å². The molecule has 39 heavy (non-hydrogen) atoms. The molecular weight excluding hydrogens is 558 g/mol. The molecule has 4 aromatic heterocycles. The summed E-state index contributed by atoms with van der Waals surface area (Å²) in [5.74, 6) is -0.0545. The highest BCUT2D eigenvalue weighted by Crippen LogP contribution is 2.31. The Morgan fingerprint density at radius 2 is 1.33 bits per heavy atom. The largest absolute Gasteiger partial charge is 0.326 e. The van der Waals surface area contributed by atoms with E-state index in [0.717, 1.165) is 27.0 Å². The van der Waals surface area contributed by atoms with E-state index >= 15 is 0 Å². The van der Waals surface area contributed by atoms with Crippen molar-refractivity contribution in [2.24, 2.45) is 0 Å². The van der Waals surface area contributed by atoms with Gasteiger partial charge in [0.2, 0.25) is 0 Å². The van der Waals surface area contributed by atoms with Crippen molar-refractivity contribution >= 4 is 27.7 Å². The molecule has 4 aromatic rings. The van der Waals surface area contributed by atoms with E-state index in [2.05, 4.69) is 35.9 Å². The van der Waals surface area contributed by atoms with Gasteiger partial charge in [-0.15, -0.1) is 0 Å². The zero-order valence-electron chi connectivity index (χ0n) is 21.3. The number of amides is 2. The van der Waals surface area contributed by atoms with E-state index in [0.29, 0.717) is 29.8 Å². The summed E-state index contributed by atoms with van der Waals surface area (Å²) in [6.07, 6.45) is 10.2. The third-order valence-corrected chi connectivity index (χ3v) is 7.36. The summed E-state index contributed by atoms with van der Waals surface area (Å²) in [5.41, 5.74) is 5.20. The summed E-state index contributed by atoms with van der Waals surface area (Å²) < 4.78 is 0.829. The maximum absolute atomic E-state index is 12.4. The maximum atomic E-state index is 12.4. The molecule has 0 spiro atoms. The Hall–Kier alpha value is -4.49. The molecule has 0 saturated carbocycles. The van der Waals surface area contributed by atoms with Crippen molar-refractivity contribution in [3.8, 4) is 6.07 Å². The van der Waals surface area contributed by atoms with Gasteiger partial charge in [0.05, 0.1) is 53.3 Å². The van der Waals surface area contributed by atoms with Crippen molar-refractivity contribution in [1.29, 1.82) is 5.26 Å². The van der Waals surface area contributed by atoms with Gasteiger partial charge >= 0.3 is 0 Å². The van der Waals surface area contributed by atoms with Crippen LogP contribution in [0, 0.1) is 11.3 Å². The quantitative estimate of drug-likeness (QED) is 0.332. The minimum Gasteiger partial charge on any atom is -0.326 e. The van der Waals surface area contributed by atoms with Gasteiger partial charge in [-0.25, -0.2) is 0 Å². The van der Waals surface area contributed by atoms with Crippen LogP contribution in [-0.4, -0.2) is 41.6 Å². The van der Waals surface area contributed by atoms with Crippen LogP contribution in [0.4, 0.5) is 0 Å². The van der Waals surface area contributed by atoms with Gasteiger partial charge < -0.3 is 9.80 Å². The molecule has 2 amide bonds. The fraction of sp³-hybridized carbons (Fsp3) is 0.207. The molecule has 6 rings (SSSR count). The molecule has 0 N–H and O–H groups in total. The van der Waals surface area contributed by atoms with Crippen molar-refractivity contribution in [2.75, 3.05) is 0 Å². The third-order valence-electron chi connectivity index (χ3n) is 6.93. The topological polar surface area (TPSA) is 116 Å². The van der Waals surface area contributed by atoms with Crippen LogP contribution in [0.25, 0.3) is 0 Å². The first-order valence-electron chi connectivity index (χ1n) is 12.3. The maximum Gasteiger partial charge on any atom is 0.256 e. The average Bonchev–Trinajstić information content (AvgIpc) is 3.49. The number of aromatic nitrogens is 4. The van der Waals surface area contributed by atoms with E-state index in [1.165, 1.54) is 6.20 Å². The predicted octanol–water partition coefficient (Wildman–Crippen LogP) is 5.02. The standard InChI is InChI=1S/C15H12N4O.C14H12BrN3O/c1-10(12-3-2-4-17-8-12)19-9-14-13(15(19)20)5-11(6-16)7-18-14;1-9(10-3-2-4-16-6-10)18-8-13-12(14(18)19)5-11(15)7-17-13/h2-5,7-8,10H,9H2,1H3;2-7,9H,8H2,1H3. The molecule has 6 heterocycles. The molecule has 0 aliphatic carbocycles. The van der Waals surface area contributed by atoms with Crippen LogP contribution in [0.1, 0.15) is 74.7 Å². The number of pyridine rings is 4. The van der Waals surface area contributed by atoms with Crippen molar-refractivity contribution in [3.05, 3.63) is 117 Å². The van der Waals surface area contributed by atoms with Crippen molar-refractivity contribution in [1.82, 2.24) is 29.7 Å². The fourth-order valence-corrected chi connectivity index (χ4v) is 4.98. The van der Waals surface area contributed by atoms with Crippen LogP contribution in [0.15, 0.2) is 78.1 Å². The van der Waals surface area contributed by atoms with Crippen molar-refractivity contribution < 1.29 is 9.59 Å².